The summed E-state index contributed by atoms with van der Waals surface area (Å²) in [5.74, 6) is -0.819. The summed E-state index contributed by atoms with van der Waals surface area (Å²) in [5, 5.41) is 12.7. The van der Waals surface area contributed by atoms with Crippen LogP contribution < -0.4 is 5.32 Å². The summed E-state index contributed by atoms with van der Waals surface area (Å²) in [6, 6.07) is 3.40. The first-order valence-electron chi connectivity index (χ1n) is 6.46. The summed E-state index contributed by atoms with van der Waals surface area (Å²) >= 11 is 1.53. The Balaban J connectivity index is 1.95. The van der Waals surface area contributed by atoms with Crippen molar-refractivity contribution in [3.05, 3.63) is 35.4 Å². The van der Waals surface area contributed by atoms with Crippen LogP contribution in [0.4, 0.5) is 8.78 Å². The predicted molar refractivity (Wildman–Crippen MR) is 74.7 cm³/mol. The fourth-order valence-corrected chi connectivity index (χ4v) is 3.39. The van der Waals surface area contributed by atoms with E-state index in [2.05, 4.69) is 5.32 Å². The Morgan fingerprint density at radius 2 is 2.30 bits per heavy atom. The third-order valence-electron chi connectivity index (χ3n) is 3.49. The minimum atomic E-state index is -1.31. The summed E-state index contributed by atoms with van der Waals surface area (Å²) in [4.78, 5) is 11.9. The van der Waals surface area contributed by atoms with Crippen LogP contribution in [-0.4, -0.2) is 34.7 Å². The highest BCUT2D eigenvalue weighted by Crippen LogP contribution is 2.28. The van der Waals surface area contributed by atoms with Crippen molar-refractivity contribution in [1.29, 1.82) is 0 Å². The summed E-state index contributed by atoms with van der Waals surface area (Å²) in [6.45, 7) is 1.94. The van der Waals surface area contributed by atoms with Gasteiger partial charge >= 0.3 is 0 Å². The lowest BCUT2D eigenvalue weighted by atomic mass is 9.99. The van der Waals surface area contributed by atoms with E-state index in [1.165, 1.54) is 23.9 Å². The van der Waals surface area contributed by atoms with Crippen LogP contribution >= 0.6 is 11.8 Å². The summed E-state index contributed by atoms with van der Waals surface area (Å²) in [6.07, 6.45) is 0.433. The van der Waals surface area contributed by atoms with Gasteiger partial charge in [-0.2, -0.15) is 11.8 Å². The first-order chi connectivity index (χ1) is 9.42. The molecule has 20 heavy (non-hydrogen) atoms. The Kier molecular flexibility index (Phi) is 4.65. The van der Waals surface area contributed by atoms with Gasteiger partial charge in [0.1, 0.15) is 11.6 Å². The second-order valence-electron chi connectivity index (χ2n) is 5.11. The Bertz CT molecular complexity index is 504. The Hall–Kier alpha value is -1.14. The normalized spacial score (nSPS) is 23.6. The Labute approximate surface area is 120 Å². The number of hydrogen-bond donors (Lipinski definition) is 2. The topological polar surface area (TPSA) is 49.3 Å². The minimum Gasteiger partial charge on any atom is -0.379 e. The molecule has 2 rings (SSSR count). The standard InChI is InChI=1S/C14H17F2NO2S/c1-9(11-3-2-10(15)6-12(11)16)7-17-13(18)14(19)4-5-20-8-14/h2-3,6,9,19H,4-5,7-8H2,1H3,(H,17,18). The molecule has 1 aromatic carbocycles. The molecule has 1 saturated heterocycles. The lowest BCUT2D eigenvalue weighted by molar-refractivity contribution is -0.137. The lowest BCUT2D eigenvalue weighted by Gasteiger charge is -2.22. The van der Waals surface area contributed by atoms with E-state index in [1.54, 1.807) is 6.92 Å². The Morgan fingerprint density at radius 1 is 1.55 bits per heavy atom. The molecular weight excluding hydrogens is 284 g/mol. The maximum atomic E-state index is 13.6. The predicted octanol–water partition coefficient (Wildman–Crippen LogP) is 2.05. The van der Waals surface area contributed by atoms with Crippen LogP contribution in [0.2, 0.25) is 0 Å². The first kappa shape index (κ1) is 15.3. The van der Waals surface area contributed by atoms with Gasteiger partial charge < -0.3 is 10.4 Å². The van der Waals surface area contributed by atoms with Crippen LogP contribution in [0, 0.1) is 11.6 Å². The van der Waals surface area contributed by atoms with Gasteiger partial charge in [0.25, 0.3) is 5.91 Å². The van der Waals surface area contributed by atoms with Gasteiger partial charge in [-0.25, -0.2) is 8.78 Å². The molecule has 2 unspecified atom stereocenters. The molecule has 1 aromatic rings. The molecule has 2 N–H and O–H groups in total. The maximum absolute atomic E-state index is 13.6. The van der Waals surface area contributed by atoms with Gasteiger partial charge in [0, 0.05) is 24.3 Å². The van der Waals surface area contributed by atoms with Crippen LogP contribution in [0.3, 0.4) is 0 Å². The van der Waals surface area contributed by atoms with Crippen molar-refractivity contribution in [2.24, 2.45) is 0 Å². The summed E-state index contributed by atoms with van der Waals surface area (Å²) in [7, 11) is 0. The van der Waals surface area contributed by atoms with Gasteiger partial charge in [0.05, 0.1) is 0 Å². The minimum absolute atomic E-state index is 0.203. The highest BCUT2D eigenvalue weighted by molar-refractivity contribution is 7.99. The van der Waals surface area contributed by atoms with E-state index < -0.39 is 23.1 Å². The fraction of sp³-hybridized carbons (Fsp3) is 0.500. The molecule has 1 fully saturated rings. The van der Waals surface area contributed by atoms with Crippen molar-refractivity contribution in [3.8, 4) is 0 Å². The molecule has 0 radical (unpaired) electrons. The zero-order valence-corrected chi connectivity index (χ0v) is 12.0. The van der Waals surface area contributed by atoms with Gasteiger partial charge in [-0.05, 0) is 23.8 Å². The number of halogens is 2. The number of carbonyl (C=O) groups is 1. The molecule has 0 saturated carbocycles. The number of amides is 1. The third-order valence-corrected chi connectivity index (χ3v) is 4.66. The van der Waals surface area contributed by atoms with Gasteiger partial charge in [-0.15, -0.1) is 0 Å². The van der Waals surface area contributed by atoms with Crippen molar-refractivity contribution in [2.75, 3.05) is 18.1 Å². The molecule has 1 aliphatic heterocycles. The molecule has 0 aromatic heterocycles. The van der Waals surface area contributed by atoms with Gasteiger partial charge in [-0.1, -0.05) is 13.0 Å². The van der Waals surface area contributed by atoms with Crippen LogP contribution in [0.1, 0.15) is 24.8 Å². The zero-order valence-electron chi connectivity index (χ0n) is 11.2. The molecule has 0 spiro atoms. The number of nitrogens with one attached hydrogen (secondary N) is 1. The van der Waals surface area contributed by atoms with E-state index in [0.29, 0.717) is 17.7 Å². The van der Waals surface area contributed by atoms with Gasteiger partial charge in [0.2, 0.25) is 0 Å². The SMILES string of the molecule is CC(CNC(=O)C1(O)CCSC1)c1ccc(F)cc1F. The fourth-order valence-electron chi connectivity index (χ4n) is 2.15. The van der Waals surface area contributed by atoms with Gasteiger partial charge in [-0.3, -0.25) is 4.79 Å². The number of aliphatic hydroxyl groups is 1. The molecule has 6 heteroatoms. The molecule has 1 heterocycles. The van der Waals surface area contributed by atoms with Crippen LogP contribution in [0.15, 0.2) is 18.2 Å². The second kappa shape index (κ2) is 6.10. The molecule has 0 bridgehead atoms. The van der Waals surface area contributed by atoms with Crippen molar-refractivity contribution < 1.29 is 18.7 Å². The average molecular weight is 301 g/mol. The van der Waals surface area contributed by atoms with E-state index in [-0.39, 0.29) is 12.5 Å². The van der Waals surface area contributed by atoms with E-state index in [0.717, 1.165) is 11.8 Å². The highest BCUT2D eigenvalue weighted by atomic mass is 32.2. The largest absolute Gasteiger partial charge is 0.379 e. The number of carbonyl (C=O) groups excluding carboxylic acids is 1. The van der Waals surface area contributed by atoms with Crippen LogP contribution in [0.5, 0.6) is 0 Å². The van der Waals surface area contributed by atoms with E-state index >= 15 is 0 Å². The zero-order chi connectivity index (χ0) is 14.8. The molecule has 2 atom stereocenters. The van der Waals surface area contributed by atoms with E-state index in [4.69, 9.17) is 0 Å². The molecule has 1 aliphatic rings. The average Bonchev–Trinajstić information content (AvgIpc) is 2.84. The molecular formula is C14H17F2NO2S. The first-order valence-corrected chi connectivity index (χ1v) is 7.61. The molecule has 0 aliphatic carbocycles. The quantitative estimate of drug-likeness (QED) is 0.895. The summed E-state index contributed by atoms with van der Waals surface area (Å²) < 4.78 is 26.4. The van der Waals surface area contributed by atoms with Crippen molar-refractivity contribution in [3.63, 3.8) is 0 Å². The number of thioether (sulfide) groups is 1. The van der Waals surface area contributed by atoms with Gasteiger partial charge in [0.15, 0.2) is 5.60 Å². The number of hydrogen-bond acceptors (Lipinski definition) is 3. The van der Waals surface area contributed by atoms with E-state index in [9.17, 15) is 18.7 Å². The number of benzene rings is 1. The van der Waals surface area contributed by atoms with Crippen molar-refractivity contribution in [1.82, 2.24) is 5.32 Å². The highest BCUT2D eigenvalue weighted by Gasteiger charge is 2.39. The summed E-state index contributed by atoms with van der Waals surface area (Å²) in [5.41, 5.74) is -0.967. The number of rotatable bonds is 4. The smallest absolute Gasteiger partial charge is 0.252 e. The van der Waals surface area contributed by atoms with E-state index in [1.807, 2.05) is 0 Å². The lowest BCUT2D eigenvalue weighted by Crippen LogP contribution is -2.47. The van der Waals surface area contributed by atoms with Crippen molar-refractivity contribution >= 4 is 17.7 Å². The molecule has 110 valence electrons. The van der Waals surface area contributed by atoms with Crippen molar-refractivity contribution in [2.45, 2.75) is 24.9 Å². The Morgan fingerprint density at radius 3 is 2.90 bits per heavy atom. The molecule has 1 amide bonds. The van der Waals surface area contributed by atoms with Crippen LogP contribution in [0.25, 0.3) is 0 Å². The second-order valence-corrected chi connectivity index (χ2v) is 6.22. The monoisotopic (exact) mass is 301 g/mol. The third kappa shape index (κ3) is 3.30. The van der Waals surface area contributed by atoms with Crippen LogP contribution in [-0.2, 0) is 4.79 Å². The molecule has 3 nitrogen and oxygen atoms in total. The maximum Gasteiger partial charge on any atom is 0.252 e.